The van der Waals surface area contributed by atoms with E-state index in [-0.39, 0.29) is 0 Å². The average Bonchev–Trinajstić information content (AvgIpc) is 2.50. The first kappa shape index (κ1) is 16.0. The lowest BCUT2D eigenvalue weighted by Crippen LogP contribution is -2.51. The monoisotopic (exact) mass is 339 g/mol. The molecule has 112 valence electrons. The second kappa shape index (κ2) is 7.55. The first-order chi connectivity index (χ1) is 9.67. The van der Waals surface area contributed by atoms with Crippen LogP contribution in [0.15, 0.2) is 28.7 Å². The lowest BCUT2D eigenvalue weighted by Gasteiger charge is -2.41. The van der Waals surface area contributed by atoms with E-state index in [1.807, 2.05) is 0 Å². The zero-order valence-corrected chi connectivity index (χ0v) is 14.1. The van der Waals surface area contributed by atoms with Gasteiger partial charge in [-0.25, -0.2) is 0 Å². The molecule has 20 heavy (non-hydrogen) atoms. The van der Waals surface area contributed by atoms with E-state index in [2.05, 4.69) is 63.8 Å². The number of nitrogens with two attached hydrogens (primary N) is 1. The Morgan fingerprint density at radius 2 is 1.75 bits per heavy atom. The molecule has 1 fully saturated rings. The summed E-state index contributed by atoms with van der Waals surface area (Å²) in [6.07, 6.45) is 1.23. The lowest BCUT2D eigenvalue weighted by atomic mass is 10.0. The molecule has 0 saturated carbocycles. The highest BCUT2D eigenvalue weighted by Gasteiger charge is 2.26. The molecule has 0 bridgehead atoms. The third kappa shape index (κ3) is 3.61. The van der Waals surface area contributed by atoms with Gasteiger partial charge in [0.1, 0.15) is 0 Å². The first-order valence-corrected chi connectivity index (χ1v) is 8.39. The zero-order chi connectivity index (χ0) is 14.5. The van der Waals surface area contributed by atoms with Gasteiger partial charge in [0.15, 0.2) is 0 Å². The maximum atomic E-state index is 6.05. The quantitative estimate of drug-likeness (QED) is 0.895. The predicted octanol–water partition coefficient (Wildman–Crippen LogP) is 2.87. The highest BCUT2D eigenvalue weighted by atomic mass is 79.9. The van der Waals surface area contributed by atoms with Gasteiger partial charge in [0.25, 0.3) is 0 Å². The maximum Gasteiger partial charge on any atom is 0.0482 e. The van der Waals surface area contributed by atoms with Crippen molar-refractivity contribution in [3.05, 3.63) is 34.3 Å². The third-order valence-corrected chi connectivity index (χ3v) is 5.21. The van der Waals surface area contributed by atoms with Crippen molar-refractivity contribution in [3.63, 3.8) is 0 Å². The summed E-state index contributed by atoms with van der Waals surface area (Å²) in [5, 5.41) is 0. The van der Waals surface area contributed by atoms with E-state index in [9.17, 15) is 0 Å². The number of piperazine rings is 1. The van der Waals surface area contributed by atoms with E-state index in [0.717, 1.165) is 26.2 Å². The summed E-state index contributed by atoms with van der Waals surface area (Å²) in [5.74, 6) is 0. The van der Waals surface area contributed by atoms with Gasteiger partial charge in [-0.2, -0.15) is 0 Å². The van der Waals surface area contributed by atoms with Crippen molar-refractivity contribution in [2.75, 3.05) is 32.7 Å². The average molecular weight is 340 g/mol. The number of rotatable bonds is 5. The Labute approximate surface area is 131 Å². The Kier molecular flexibility index (Phi) is 6.02. The molecule has 2 atom stereocenters. The minimum absolute atomic E-state index is 0.324. The highest BCUT2D eigenvalue weighted by Crippen LogP contribution is 2.28. The van der Waals surface area contributed by atoms with E-state index in [4.69, 9.17) is 5.73 Å². The van der Waals surface area contributed by atoms with E-state index in [1.54, 1.807) is 0 Å². The molecule has 1 heterocycles. The number of nitrogens with zero attached hydrogens (tertiary/aromatic N) is 2. The summed E-state index contributed by atoms with van der Waals surface area (Å²) in [4.78, 5) is 5.11. The van der Waals surface area contributed by atoms with Crippen LogP contribution in [-0.4, -0.2) is 48.6 Å². The minimum atomic E-state index is 0.324. The molecule has 1 saturated heterocycles. The summed E-state index contributed by atoms with van der Waals surface area (Å²) in [5.41, 5.74) is 7.36. The van der Waals surface area contributed by atoms with Crippen LogP contribution in [0.25, 0.3) is 0 Å². The molecule has 1 aromatic rings. The van der Waals surface area contributed by atoms with Gasteiger partial charge in [-0.15, -0.1) is 0 Å². The second-order valence-corrected chi connectivity index (χ2v) is 6.46. The molecule has 0 aromatic heterocycles. The van der Waals surface area contributed by atoms with Crippen LogP contribution >= 0.6 is 15.9 Å². The van der Waals surface area contributed by atoms with Crippen molar-refractivity contribution < 1.29 is 0 Å². The van der Waals surface area contributed by atoms with Crippen LogP contribution in [0.2, 0.25) is 0 Å². The van der Waals surface area contributed by atoms with Crippen molar-refractivity contribution >= 4 is 15.9 Å². The summed E-state index contributed by atoms with van der Waals surface area (Å²) in [6.45, 7) is 9.77. The smallest absolute Gasteiger partial charge is 0.0482 e. The topological polar surface area (TPSA) is 32.5 Å². The van der Waals surface area contributed by atoms with Gasteiger partial charge >= 0.3 is 0 Å². The van der Waals surface area contributed by atoms with Crippen molar-refractivity contribution in [2.45, 2.75) is 32.4 Å². The van der Waals surface area contributed by atoms with E-state index in [1.165, 1.54) is 16.5 Å². The van der Waals surface area contributed by atoms with Gasteiger partial charge in [-0.1, -0.05) is 41.1 Å². The molecule has 0 radical (unpaired) electrons. The van der Waals surface area contributed by atoms with E-state index >= 15 is 0 Å². The zero-order valence-electron chi connectivity index (χ0n) is 12.6. The Hall–Kier alpha value is -0.420. The molecule has 2 rings (SSSR count). The number of hydrogen-bond donors (Lipinski definition) is 1. The van der Waals surface area contributed by atoms with Crippen LogP contribution in [0, 0.1) is 0 Å². The number of benzene rings is 1. The molecule has 2 unspecified atom stereocenters. The highest BCUT2D eigenvalue weighted by molar-refractivity contribution is 9.10. The number of hydrogen-bond acceptors (Lipinski definition) is 3. The van der Waals surface area contributed by atoms with Gasteiger partial charge in [-0.05, 0) is 25.0 Å². The van der Waals surface area contributed by atoms with Crippen LogP contribution < -0.4 is 5.73 Å². The second-order valence-electron chi connectivity index (χ2n) is 5.60. The van der Waals surface area contributed by atoms with Crippen molar-refractivity contribution in [2.24, 2.45) is 5.73 Å². The largest absolute Gasteiger partial charge is 0.329 e. The fraction of sp³-hybridized carbons (Fsp3) is 0.625. The molecule has 2 N–H and O–H groups in total. The fourth-order valence-electron chi connectivity index (χ4n) is 2.97. The third-order valence-electron chi connectivity index (χ3n) is 4.49. The van der Waals surface area contributed by atoms with Crippen molar-refractivity contribution in [1.29, 1.82) is 0 Å². The summed E-state index contributed by atoms with van der Waals surface area (Å²) in [6, 6.07) is 9.46. The van der Waals surface area contributed by atoms with Gasteiger partial charge in [0, 0.05) is 49.3 Å². The molecule has 0 amide bonds. The molecule has 0 aliphatic carbocycles. The summed E-state index contributed by atoms with van der Waals surface area (Å²) >= 11 is 3.66. The van der Waals surface area contributed by atoms with Crippen molar-refractivity contribution in [1.82, 2.24) is 9.80 Å². The Morgan fingerprint density at radius 1 is 1.15 bits per heavy atom. The molecule has 4 heteroatoms. The van der Waals surface area contributed by atoms with Gasteiger partial charge < -0.3 is 5.73 Å². The van der Waals surface area contributed by atoms with Crippen LogP contribution in [0.4, 0.5) is 0 Å². The Balaban J connectivity index is 2.03. The van der Waals surface area contributed by atoms with Crippen molar-refractivity contribution in [3.8, 4) is 0 Å². The van der Waals surface area contributed by atoms with Crippen LogP contribution in [0.5, 0.6) is 0 Å². The summed E-state index contributed by atoms with van der Waals surface area (Å²) < 4.78 is 1.17. The normalized spacial score (nSPS) is 20.8. The fourth-order valence-corrected chi connectivity index (χ4v) is 3.52. The molecule has 1 aliphatic heterocycles. The minimum Gasteiger partial charge on any atom is -0.329 e. The number of halogens is 1. The molecular formula is C16H26BrN3. The summed E-state index contributed by atoms with van der Waals surface area (Å²) in [7, 11) is 0. The Bertz CT molecular complexity index is 416. The molecular weight excluding hydrogens is 314 g/mol. The Morgan fingerprint density at radius 3 is 2.30 bits per heavy atom. The van der Waals surface area contributed by atoms with Crippen LogP contribution in [-0.2, 0) is 0 Å². The lowest BCUT2D eigenvalue weighted by molar-refractivity contribution is 0.0741. The van der Waals surface area contributed by atoms with E-state index in [0.29, 0.717) is 18.6 Å². The first-order valence-electron chi connectivity index (χ1n) is 7.60. The molecule has 0 spiro atoms. The van der Waals surface area contributed by atoms with Crippen LogP contribution in [0.1, 0.15) is 31.9 Å². The van der Waals surface area contributed by atoms with Gasteiger partial charge in [-0.3, -0.25) is 9.80 Å². The molecule has 1 aromatic carbocycles. The maximum absolute atomic E-state index is 6.05. The molecule has 1 aliphatic rings. The van der Waals surface area contributed by atoms with Crippen LogP contribution in [0.3, 0.4) is 0 Å². The predicted molar refractivity (Wildman–Crippen MR) is 88.8 cm³/mol. The van der Waals surface area contributed by atoms with Gasteiger partial charge in [0.05, 0.1) is 0 Å². The van der Waals surface area contributed by atoms with E-state index < -0.39 is 0 Å². The standard InChI is InChI=1S/C16H26BrN3/c1-3-13(2)19-8-10-20(11-9-19)16(12-18)14-6-4-5-7-15(14)17/h4-7,13,16H,3,8-12,18H2,1-2H3. The SMILES string of the molecule is CCC(C)N1CCN(C(CN)c2ccccc2Br)CC1. The molecule has 3 nitrogen and oxygen atoms in total. The van der Waals surface area contributed by atoms with Gasteiger partial charge in [0.2, 0.25) is 0 Å².